The van der Waals surface area contributed by atoms with Crippen molar-refractivity contribution < 1.29 is 14.6 Å². The molecule has 0 spiro atoms. The normalized spacial score (nSPS) is 10.9. The smallest absolute Gasteiger partial charge is 0.341 e. The van der Waals surface area contributed by atoms with Gasteiger partial charge in [-0.3, -0.25) is 4.99 Å². The Bertz CT molecular complexity index is 729. The summed E-state index contributed by atoms with van der Waals surface area (Å²) >= 11 is 12.0. The van der Waals surface area contributed by atoms with Gasteiger partial charge in [-0.1, -0.05) is 29.3 Å². The molecule has 0 bridgehead atoms. The number of carboxylic acid groups (broad SMARTS) is 1. The molecule has 0 amide bonds. The summed E-state index contributed by atoms with van der Waals surface area (Å²) in [4.78, 5) is 14.9. The quantitative estimate of drug-likeness (QED) is 0.816. The molecule has 22 heavy (non-hydrogen) atoms. The fourth-order valence-electron chi connectivity index (χ4n) is 1.70. The summed E-state index contributed by atoms with van der Waals surface area (Å²) in [5, 5.41) is 9.82. The summed E-state index contributed by atoms with van der Waals surface area (Å²) in [5.74, 6) is -0.656. The molecule has 0 saturated carbocycles. The molecular formula is C16H13Cl2NO3. The van der Waals surface area contributed by atoms with Gasteiger partial charge >= 0.3 is 5.97 Å². The predicted molar refractivity (Wildman–Crippen MR) is 88.0 cm³/mol. The molecule has 4 nitrogen and oxygen atoms in total. The van der Waals surface area contributed by atoms with Gasteiger partial charge in [-0.15, -0.1) is 0 Å². The third kappa shape index (κ3) is 4.48. The summed E-state index contributed by atoms with van der Waals surface area (Å²) in [6, 6.07) is 10.3. The van der Waals surface area contributed by atoms with Crippen LogP contribution >= 0.6 is 23.2 Å². The van der Waals surface area contributed by atoms with Crippen LogP contribution in [0.25, 0.3) is 0 Å². The van der Waals surface area contributed by atoms with Crippen LogP contribution in [-0.4, -0.2) is 23.9 Å². The molecule has 0 aliphatic heterocycles. The maximum absolute atomic E-state index is 10.6. The third-order valence-corrected chi connectivity index (χ3v) is 3.47. The number of benzene rings is 2. The standard InChI is InChI=1S/C16H13Cl2NO3/c1-10-2-4-13(7-14(10)18)19-8-11-6-12(17)3-5-15(11)22-9-16(20)21/h2-8H,9H2,1H3,(H,20,21). The Morgan fingerprint density at radius 1 is 1.27 bits per heavy atom. The molecule has 0 aliphatic rings. The number of hydrogen-bond donors (Lipinski definition) is 1. The van der Waals surface area contributed by atoms with Crippen LogP contribution in [0.3, 0.4) is 0 Å². The van der Waals surface area contributed by atoms with Crippen LogP contribution in [0, 0.1) is 6.92 Å². The zero-order valence-electron chi connectivity index (χ0n) is 11.7. The summed E-state index contributed by atoms with van der Waals surface area (Å²) in [5.41, 5.74) is 2.24. The minimum Gasteiger partial charge on any atom is -0.481 e. The van der Waals surface area contributed by atoms with Crippen molar-refractivity contribution >= 4 is 41.1 Å². The first-order valence-corrected chi connectivity index (χ1v) is 7.15. The van der Waals surface area contributed by atoms with Crippen molar-refractivity contribution in [3.05, 3.63) is 57.6 Å². The number of aliphatic carboxylic acids is 1. The summed E-state index contributed by atoms with van der Waals surface area (Å²) < 4.78 is 5.21. The maximum Gasteiger partial charge on any atom is 0.341 e. The number of aliphatic imine (C=N–C) groups is 1. The van der Waals surface area contributed by atoms with E-state index in [1.54, 1.807) is 30.5 Å². The van der Waals surface area contributed by atoms with Crippen molar-refractivity contribution in [2.24, 2.45) is 4.99 Å². The van der Waals surface area contributed by atoms with Crippen LogP contribution in [0.2, 0.25) is 10.0 Å². The average Bonchev–Trinajstić information content (AvgIpc) is 2.47. The van der Waals surface area contributed by atoms with Crippen molar-refractivity contribution in [2.75, 3.05) is 6.61 Å². The van der Waals surface area contributed by atoms with E-state index in [9.17, 15) is 4.79 Å². The van der Waals surface area contributed by atoms with Gasteiger partial charge in [0.1, 0.15) is 5.75 Å². The summed E-state index contributed by atoms with van der Waals surface area (Å²) in [6.45, 7) is 1.48. The van der Waals surface area contributed by atoms with Crippen LogP contribution in [0.4, 0.5) is 5.69 Å². The molecule has 0 heterocycles. The Hall–Kier alpha value is -2.04. The molecule has 2 rings (SSSR count). The second-order valence-corrected chi connectivity index (χ2v) is 5.40. The molecule has 0 aromatic heterocycles. The lowest BCUT2D eigenvalue weighted by atomic mass is 10.2. The van der Waals surface area contributed by atoms with Gasteiger partial charge in [-0.05, 0) is 42.8 Å². The topological polar surface area (TPSA) is 58.9 Å². The van der Waals surface area contributed by atoms with E-state index in [1.165, 1.54) is 0 Å². The molecule has 0 radical (unpaired) electrons. The molecule has 0 unspecified atom stereocenters. The van der Waals surface area contributed by atoms with Crippen LogP contribution in [-0.2, 0) is 4.79 Å². The minimum atomic E-state index is -1.05. The van der Waals surface area contributed by atoms with E-state index in [2.05, 4.69) is 4.99 Å². The lowest BCUT2D eigenvalue weighted by Gasteiger charge is -2.07. The van der Waals surface area contributed by atoms with Gasteiger partial charge in [0.2, 0.25) is 0 Å². The molecule has 0 saturated heterocycles. The number of carboxylic acids is 1. The van der Waals surface area contributed by atoms with E-state index in [0.717, 1.165) is 5.56 Å². The van der Waals surface area contributed by atoms with E-state index < -0.39 is 12.6 Å². The first kappa shape index (κ1) is 16.3. The first-order valence-electron chi connectivity index (χ1n) is 6.40. The highest BCUT2D eigenvalue weighted by molar-refractivity contribution is 6.31. The second-order valence-electron chi connectivity index (χ2n) is 4.56. The number of aryl methyl sites for hydroxylation is 1. The zero-order valence-corrected chi connectivity index (χ0v) is 13.2. The van der Waals surface area contributed by atoms with E-state index in [0.29, 0.717) is 27.0 Å². The van der Waals surface area contributed by atoms with Crippen LogP contribution < -0.4 is 4.74 Å². The van der Waals surface area contributed by atoms with Gasteiger partial charge in [0.25, 0.3) is 0 Å². The fraction of sp³-hybridized carbons (Fsp3) is 0.125. The number of rotatable bonds is 5. The molecule has 0 atom stereocenters. The molecule has 6 heteroatoms. The molecule has 1 N–H and O–H groups in total. The highest BCUT2D eigenvalue weighted by Gasteiger charge is 2.05. The number of carbonyl (C=O) groups is 1. The van der Waals surface area contributed by atoms with Gasteiger partial charge in [0.15, 0.2) is 6.61 Å². The van der Waals surface area contributed by atoms with Crippen LogP contribution in [0.5, 0.6) is 5.75 Å². The van der Waals surface area contributed by atoms with E-state index >= 15 is 0 Å². The van der Waals surface area contributed by atoms with Gasteiger partial charge in [-0.2, -0.15) is 0 Å². The van der Waals surface area contributed by atoms with Crippen LogP contribution in [0.1, 0.15) is 11.1 Å². The minimum absolute atomic E-state index is 0.397. The number of halogens is 2. The Kier molecular flexibility index (Phi) is 5.41. The Labute approximate surface area is 138 Å². The SMILES string of the molecule is Cc1ccc(N=Cc2cc(Cl)ccc2OCC(=O)O)cc1Cl. The predicted octanol–water partition coefficient (Wildman–Crippen LogP) is 4.52. The second kappa shape index (κ2) is 7.29. The van der Waals surface area contributed by atoms with Gasteiger partial charge in [0.05, 0.1) is 5.69 Å². The van der Waals surface area contributed by atoms with Crippen molar-refractivity contribution in [3.63, 3.8) is 0 Å². The zero-order chi connectivity index (χ0) is 16.1. The van der Waals surface area contributed by atoms with E-state index in [1.807, 2.05) is 19.1 Å². The van der Waals surface area contributed by atoms with Crippen molar-refractivity contribution in [3.8, 4) is 5.75 Å². The fourth-order valence-corrected chi connectivity index (χ4v) is 2.05. The lowest BCUT2D eigenvalue weighted by molar-refractivity contribution is -0.139. The Morgan fingerprint density at radius 2 is 2.05 bits per heavy atom. The van der Waals surface area contributed by atoms with E-state index in [4.69, 9.17) is 33.0 Å². The third-order valence-electron chi connectivity index (χ3n) is 2.83. The molecular weight excluding hydrogens is 325 g/mol. The Balaban J connectivity index is 2.26. The van der Waals surface area contributed by atoms with Crippen molar-refractivity contribution in [2.45, 2.75) is 6.92 Å². The highest BCUT2D eigenvalue weighted by atomic mass is 35.5. The molecule has 114 valence electrons. The van der Waals surface area contributed by atoms with Crippen molar-refractivity contribution in [1.82, 2.24) is 0 Å². The Morgan fingerprint density at radius 3 is 2.73 bits per heavy atom. The lowest BCUT2D eigenvalue weighted by Crippen LogP contribution is -2.10. The first-order chi connectivity index (χ1) is 10.5. The number of ether oxygens (including phenoxy) is 1. The van der Waals surface area contributed by atoms with Gasteiger partial charge in [0, 0.05) is 21.8 Å². The largest absolute Gasteiger partial charge is 0.481 e. The summed E-state index contributed by atoms with van der Waals surface area (Å²) in [6.07, 6.45) is 1.56. The van der Waals surface area contributed by atoms with Gasteiger partial charge in [-0.25, -0.2) is 4.79 Å². The number of hydrogen-bond acceptors (Lipinski definition) is 3. The maximum atomic E-state index is 10.6. The van der Waals surface area contributed by atoms with Gasteiger partial charge < -0.3 is 9.84 Å². The van der Waals surface area contributed by atoms with Crippen molar-refractivity contribution in [1.29, 1.82) is 0 Å². The molecule has 0 fully saturated rings. The van der Waals surface area contributed by atoms with Crippen LogP contribution in [0.15, 0.2) is 41.4 Å². The highest BCUT2D eigenvalue weighted by Crippen LogP contribution is 2.24. The number of nitrogens with zero attached hydrogens (tertiary/aromatic N) is 1. The van der Waals surface area contributed by atoms with E-state index in [-0.39, 0.29) is 0 Å². The molecule has 2 aromatic rings. The molecule has 2 aromatic carbocycles. The summed E-state index contributed by atoms with van der Waals surface area (Å²) in [7, 11) is 0. The monoisotopic (exact) mass is 337 g/mol. The molecule has 0 aliphatic carbocycles. The average molecular weight is 338 g/mol.